The van der Waals surface area contributed by atoms with Gasteiger partial charge < -0.3 is 10.6 Å². The Morgan fingerprint density at radius 3 is 2.74 bits per heavy atom. The van der Waals surface area contributed by atoms with Crippen LogP contribution in [0.5, 0.6) is 0 Å². The number of hydrogen-bond donors (Lipinski definition) is 2. The Kier molecular flexibility index (Phi) is 5.93. The van der Waals surface area contributed by atoms with E-state index < -0.39 is 0 Å². The Hall–Kier alpha value is -2.14. The number of hydrogen-bond acceptors (Lipinski definition) is 3. The minimum absolute atomic E-state index is 0.0371. The van der Waals surface area contributed by atoms with Crippen LogP contribution in [0.4, 0.5) is 0 Å². The van der Waals surface area contributed by atoms with Crippen molar-refractivity contribution in [1.29, 1.82) is 0 Å². The van der Waals surface area contributed by atoms with Crippen LogP contribution in [-0.2, 0) is 6.54 Å². The summed E-state index contributed by atoms with van der Waals surface area (Å²) >= 11 is 0. The molecule has 0 fully saturated rings. The van der Waals surface area contributed by atoms with Gasteiger partial charge in [-0.15, -0.1) is 0 Å². The van der Waals surface area contributed by atoms with Crippen LogP contribution in [0.3, 0.4) is 0 Å². The molecule has 0 bridgehead atoms. The van der Waals surface area contributed by atoms with Crippen LogP contribution >= 0.6 is 0 Å². The number of amides is 1. The van der Waals surface area contributed by atoms with Crippen LogP contribution in [0.2, 0.25) is 0 Å². The molecule has 2 rings (SSSR count). The van der Waals surface area contributed by atoms with Gasteiger partial charge in [0, 0.05) is 23.8 Å². The second-order valence-electron chi connectivity index (χ2n) is 5.95. The van der Waals surface area contributed by atoms with Crippen LogP contribution < -0.4 is 10.6 Å². The van der Waals surface area contributed by atoms with E-state index in [2.05, 4.69) is 35.6 Å². The summed E-state index contributed by atoms with van der Waals surface area (Å²) in [4.78, 5) is 12.3. The van der Waals surface area contributed by atoms with Crippen molar-refractivity contribution in [2.75, 3.05) is 13.1 Å². The SMILES string of the molecule is CCN[C@H](C)CNC(=O)c1cccc(Cn2nc(C)cc2C)c1. The fourth-order valence-corrected chi connectivity index (χ4v) is 2.59. The third-order valence-electron chi connectivity index (χ3n) is 3.75. The molecule has 2 N–H and O–H groups in total. The summed E-state index contributed by atoms with van der Waals surface area (Å²) < 4.78 is 1.96. The lowest BCUT2D eigenvalue weighted by Gasteiger charge is -2.13. The van der Waals surface area contributed by atoms with E-state index in [-0.39, 0.29) is 11.9 Å². The number of carbonyl (C=O) groups is 1. The summed E-state index contributed by atoms with van der Waals surface area (Å²) in [6.07, 6.45) is 0. The molecule has 1 aromatic carbocycles. The van der Waals surface area contributed by atoms with Gasteiger partial charge in [-0.1, -0.05) is 19.1 Å². The number of nitrogens with one attached hydrogen (secondary N) is 2. The lowest BCUT2D eigenvalue weighted by atomic mass is 10.1. The molecule has 2 aromatic rings. The minimum Gasteiger partial charge on any atom is -0.350 e. The fraction of sp³-hybridized carbons (Fsp3) is 0.444. The monoisotopic (exact) mass is 314 g/mol. The molecule has 1 aromatic heterocycles. The van der Waals surface area contributed by atoms with Gasteiger partial charge in [-0.3, -0.25) is 9.48 Å². The molecule has 5 nitrogen and oxygen atoms in total. The summed E-state index contributed by atoms with van der Waals surface area (Å²) in [7, 11) is 0. The number of benzene rings is 1. The summed E-state index contributed by atoms with van der Waals surface area (Å²) in [5, 5.41) is 10.7. The van der Waals surface area contributed by atoms with Gasteiger partial charge in [0.1, 0.15) is 0 Å². The smallest absolute Gasteiger partial charge is 0.251 e. The largest absolute Gasteiger partial charge is 0.350 e. The van der Waals surface area contributed by atoms with Gasteiger partial charge in [-0.05, 0) is 51.1 Å². The zero-order chi connectivity index (χ0) is 16.8. The van der Waals surface area contributed by atoms with Crippen molar-refractivity contribution in [3.8, 4) is 0 Å². The fourth-order valence-electron chi connectivity index (χ4n) is 2.59. The standard InChI is InChI=1S/C18H26N4O/c1-5-19-14(3)11-20-18(23)17-8-6-7-16(10-17)12-22-15(4)9-13(2)21-22/h6-10,14,19H,5,11-12H2,1-4H3,(H,20,23)/t14-/m1/s1. The molecule has 0 aliphatic heterocycles. The quantitative estimate of drug-likeness (QED) is 0.824. The van der Waals surface area contributed by atoms with Crippen LogP contribution in [-0.4, -0.2) is 34.8 Å². The average molecular weight is 314 g/mol. The topological polar surface area (TPSA) is 58.9 Å². The second kappa shape index (κ2) is 7.92. The number of carbonyl (C=O) groups excluding carboxylic acids is 1. The Balaban J connectivity index is 2.01. The first-order chi connectivity index (χ1) is 11.0. The maximum absolute atomic E-state index is 12.3. The Labute approximate surface area is 138 Å². The van der Waals surface area contributed by atoms with Crippen molar-refractivity contribution in [3.63, 3.8) is 0 Å². The third kappa shape index (κ3) is 4.93. The summed E-state index contributed by atoms with van der Waals surface area (Å²) in [6.45, 7) is 10.3. The van der Waals surface area contributed by atoms with E-state index in [0.29, 0.717) is 18.7 Å². The van der Waals surface area contributed by atoms with Gasteiger partial charge in [-0.25, -0.2) is 0 Å². The van der Waals surface area contributed by atoms with Crippen molar-refractivity contribution in [1.82, 2.24) is 20.4 Å². The highest BCUT2D eigenvalue weighted by molar-refractivity contribution is 5.94. The van der Waals surface area contributed by atoms with Crippen LogP contribution in [0.1, 0.15) is 41.2 Å². The number of aromatic nitrogens is 2. The number of aryl methyl sites for hydroxylation is 2. The molecule has 1 heterocycles. The number of nitrogens with zero attached hydrogens (tertiary/aromatic N) is 2. The van der Waals surface area contributed by atoms with E-state index in [0.717, 1.165) is 23.5 Å². The van der Waals surface area contributed by atoms with Gasteiger partial charge >= 0.3 is 0 Å². The highest BCUT2D eigenvalue weighted by Gasteiger charge is 2.09. The summed E-state index contributed by atoms with van der Waals surface area (Å²) in [6, 6.07) is 10.0. The zero-order valence-corrected chi connectivity index (χ0v) is 14.4. The summed E-state index contributed by atoms with van der Waals surface area (Å²) in [5.74, 6) is -0.0371. The molecule has 0 spiro atoms. The molecule has 0 radical (unpaired) electrons. The Morgan fingerprint density at radius 2 is 2.09 bits per heavy atom. The Morgan fingerprint density at radius 1 is 1.30 bits per heavy atom. The first-order valence-corrected chi connectivity index (χ1v) is 8.11. The van der Waals surface area contributed by atoms with Crippen molar-refractivity contribution in [3.05, 3.63) is 52.8 Å². The maximum Gasteiger partial charge on any atom is 0.251 e. The lowest BCUT2D eigenvalue weighted by molar-refractivity contribution is 0.0950. The van der Waals surface area contributed by atoms with E-state index in [4.69, 9.17) is 0 Å². The molecule has 5 heteroatoms. The minimum atomic E-state index is -0.0371. The highest BCUT2D eigenvalue weighted by atomic mass is 16.1. The predicted octanol–water partition coefficient (Wildman–Crippen LogP) is 2.28. The van der Waals surface area contributed by atoms with Gasteiger partial charge in [0.05, 0.1) is 12.2 Å². The predicted molar refractivity (Wildman–Crippen MR) is 92.7 cm³/mol. The van der Waals surface area contributed by atoms with Crippen molar-refractivity contribution in [2.45, 2.75) is 40.3 Å². The summed E-state index contributed by atoms with van der Waals surface area (Å²) in [5.41, 5.74) is 3.89. The first kappa shape index (κ1) is 17.2. The van der Waals surface area contributed by atoms with Gasteiger partial charge in [-0.2, -0.15) is 5.10 Å². The molecule has 0 saturated carbocycles. The zero-order valence-electron chi connectivity index (χ0n) is 14.4. The van der Waals surface area contributed by atoms with E-state index in [1.165, 1.54) is 0 Å². The average Bonchev–Trinajstić information content (AvgIpc) is 2.83. The molecular formula is C18H26N4O. The van der Waals surface area contributed by atoms with E-state index in [9.17, 15) is 4.79 Å². The van der Waals surface area contributed by atoms with E-state index >= 15 is 0 Å². The highest BCUT2D eigenvalue weighted by Crippen LogP contribution is 2.10. The van der Waals surface area contributed by atoms with Crippen LogP contribution in [0, 0.1) is 13.8 Å². The molecule has 23 heavy (non-hydrogen) atoms. The lowest BCUT2D eigenvalue weighted by Crippen LogP contribution is -2.38. The second-order valence-corrected chi connectivity index (χ2v) is 5.95. The van der Waals surface area contributed by atoms with E-state index in [1.54, 1.807) is 0 Å². The number of rotatable bonds is 7. The van der Waals surface area contributed by atoms with Gasteiger partial charge in [0.2, 0.25) is 0 Å². The van der Waals surface area contributed by atoms with E-state index in [1.807, 2.05) is 42.8 Å². The maximum atomic E-state index is 12.3. The molecule has 1 atom stereocenters. The van der Waals surface area contributed by atoms with Gasteiger partial charge in [0.25, 0.3) is 5.91 Å². The molecule has 124 valence electrons. The van der Waals surface area contributed by atoms with Crippen LogP contribution in [0.25, 0.3) is 0 Å². The molecule has 0 aliphatic rings. The Bertz CT molecular complexity index is 663. The normalized spacial score (nSPS) is 12.2. The van der Waals surface area contributed by atoms with Gasteiger partial charge in [0.15, 0.2) is 0 Å². The number of likely N-dealkylation sites (N-methyl/N-ethyl adjacent to an activating group) is 1. The van der Waals surface area contributed by atoms with Crippen molar-refractivity contribution < 1.29 is 4.79 Å². The first-order valence-electron chi connectivity index (χ1n) is 8.11. The third-order valence-corrected chi connectivity index (χ3v) is 3.75. The van der Waals surface area contributed by atoms with Crippen molar-refractivity contribution >= 4 is 5.91 Å². The van der Waals surface area contributed by atoms with Crippen LogP contribution in [0.15, 0.2) is 30.3 Å². The molecular weight excluding hydrogens is 288 g/mol. The van der Waals surface area contributed by atoms with Crippen molar-refractivity contribution in [2.24, 2.45) is 0 Å². The molecule has 1 amide bonds. The molecule has 0 aliphatic carbocycles. The molecule has 0 saturated heterocycles. The molecule has 0 unspecified atom stereocenters.